The molecule has 1 unspecified atom stereocenters. The second-order valence-electron chi connectivity index (χ2n) is 4.96. The van der Waals surface area contributed by atoms with Gasteiger partial charge in [0.05, 0.1) is 6.10 Å². The zero-order valence-electron chi connectivity index (χ0n) is 11.4. The Hall–Kier alpha value is -1.72. The minimum atomic E-state index is 0.373. The maximum Gasteiger partial charge on any atom is 0.247 e. The molecule has 1 saturated heterocycles. The first-order chi connectivity index (χ1) is 9.92. The quantitative estimate of drug-likeness (QED) is 0.816. The first-order valence-electron chi connectivity index (χ1n) is 7.12. The summed E-state index contributed by atoms with van der Waals surface area (Å²) < 4.78 is 11.2. The molecule has 0 saturated carbocycles. The molecule has 20 heavy (non-hydrogen) atoms. The molecule has 2 aromatic rings. The molecule has 1 aromatic heterocycles. The smallest absolute Gasteiger partial charge is 0.247 e. The van der Waals surface area contributed by atoms with Crippen LogP contribution in [-0.2, 0) is 11.2 Å². The number of ether oxygens (including phenoxy) is 1. The minimum absolute atomic E-state index is 0.373. The average Bonchev–Trinajstić information content (AvgIpc) is 3.16. The maximum absolute atomic E-state index is 5.65. The number of hydrogen-bond acceptors (Lipinski definition) is 5. The topological polar surface area (TPSA) is 60.2 Å². The van der Waals surface area contributed by atoms with Gasteiger partial charge in [0.25, 0.3) is 0 Å². The van der Waals surface area contributed by atoms with Crippen molar-refractivity contribution in [2.75, 3.05) is 19.7 Å². The van der Waals surface area contributed by atoms with Gasteiger partial charge in [-0.1, -0.05) is 18.2 Å². The predicted octanol–water partition coefficient (Wildman–Crippen LogP) is 2.05. The molecule has 0 aliphatic carbocycles. The van der Waals surface area contributed by atoms with Gasteiger partial charge in [0.15, 0.2) is 0 Å². The average molecular weight is 273 g/mol. The Balaban J connectivity index is 1.45. The molecule has 1 aromatic carbocycles. The van der Waals surface area contributed by atoms with Crippen molar-refractivity contribution in [3.63, 3.8) is 0 Å². The summed E-state index contributed by atoms with van der Waals surface area (Å²) in [5.74, 6) is 1.25. The third-order valence-corrected chi connectivity index (χ3v) is 3.40. The van der Waals surface area contributed by atoms with E-state index in [1.54, 1.807) is 0 Å². The number of benzene rings is 1. The number of rotatable bonds is 6. The Labute approximate surface area is 118 Å². The molecular formula is C15H19N3O2. The maximum atomic E-state index is 5.65. The summed E-state index contributed by atoms with van der Waals surface area (Å²) in [6, 6.07) is 9.82. The zero-order valence-corrected chi connectivity index (χ0v) is 11.4. The number of nitrogens with zero attached hydrogens (tertiary/aromatic N) is 2. The summed E-state index contributed by atoms with van der Waals surface area (Å²) in [7, 11) is 0. The third-order valence-electron chi connectivity index (χ3n) is 3.40. The number of nitrogens with one attached hydrogen (secondary N) is 1. The van der Waals surface area contributed by atoms with E-state index in [9.17, 15) is 0 Å². The van der Waals surface area contributed by atoms with Gasteiger partial charge in [0, 0.05) is 31.7 Å². The Kier molecular flexibility index (Phi) is 4.40. The van der Waals surface area contributed by atoms with Crippen LogP contribution in [0.1, 0.15) is 18.7 Å². The van der Waals surface area contributed by atoms with Crippen LogP contribution in [0.15, 0.2) is 34.7 Å². The second-order valence-corrected chi connectivity index (χ2v) is 4.96. The number of hydrogen-bond donors (Lipinski definition) is 1. The lowest BCUT2D eigenvalue weighted by Gasteiger charge is -2.09. The molecule has 0 spiro atoms. The summed E-state index contributed by atoms with van der Waals surface area (Å²) in [6.45, 7) is 2.63. The van der Waals surface area contributed by atoms with Crippen molar-refractivity contribution in [1.29, 1.82) is 0 Å². The first kappa shape index (κ1) is 13.3. The van der Waals surface area contributed by atoms with Crippen molar-refractivity contribution in [1.82, 2.24) is 15.5 Å². The summed E-state index contributed by atoms with van der Waals surface area (Å²) >= 11 is 0. The van der Waals surface area contributed by atoms with E-state index in [-0.39, 0.29) is 0 Å². The molecule has 1 aliphatic heterocycles. The molecule has 3 rings (SSSR count). The molecule has 1 aliphatic rings. The van der Waals surface area contributed by atoms with Gasteiger partial charge in [0.1, 0.15) is 0 Å². The highest BCUT2D eigenvalue weighted by atomic mass is 16.5. The lowest BCUT2D eigenvalue weighted by Crippen LogP contribution is -2.27. The van der Waals surface area contributed by atoms with E-state index in [0.29, 0.717) is 17.9 Å². The van der Waals surface area contributed by atoms with Crippen LogP contribution in [0.5, 0.6) is 0 Å². The van der Waals surface area contributed by atoms with Crippen molar-refractivity contribution >= 4 is 0 Å². The fourth-order valence-electron chi connectivity index (χ4n) is 2.32. The molecule has 0 amide bonds. The van der Waals surface area contributed by atoms with Crippen molar-refractivity contribution in [3.8, 4) is 11.5 Å². The molecule has 1 atom stereocenters. The highest BCUT2D eigenvalue weighted by Crippen LogP contribution is 2.16. The van der Waals surface area contributed by atoms with Gasteiger partial charge in [-0.05, 0) is 25.0 Å². The van der Waals surface area contributed by atoms with Gasteiger partial charge in [-0.15, -0.1) is 10.2 Å². The third kappa shape index (κ3) is 3.43. The fourth-order valence-corrected chi connectivity index (χ4v) is 2.32. The molecule has 106 valence electrons. The van der Waals surface area contributed by atoms with E-state index in [1.807, 2.05) is 30.3 Å². The molecule has 1 fully saturated rings. The summed E-state index contributed by atoms with van der Waals surface area (Å²) in [6.07, 6.45) is 3.45. The van der Waals surface area contributed by atoms with E-state index >= 15 is 0 Å². The minimum Gasteiger partial charge on any atom is -0.421 e. The van der Waals surface area contributed by atoms with Gasteiger partial charge in [-0.2, -0.15) is 0 Å². The highest BCUT2D eigenvalue weighted by Gasteiger charge is 2.14. The summed E-state index contributed by atoms with van der Waals surface area (Å²) in [5, 5.41) is 11.5. The van der Waals surface area contributed by atoms with E-state index in [2.05, 4.69) is 15.5 Å². The van der Waals surface area contributed by atoms with Crippen LogP contribution in [0.3, 0.4) is 0 Å². The van der Waals surface area contributed by atoms with Crippen molar-refractivity contribution < 1.29 is 9.15 Å². The highest BCUT2D eigenvalue weighted by molar-refractivity contribution is 5.51. The SMILES string of the molecule is c1ccc(-c2nnc(CCNCC3CCCO3)o2)cc1. The molecule has 0 radical (unpaired) electrons. The van der Waals surface area contributed by atoms with Gasteiger partial charge < -0.3 is 14.5 Å². The molecule has 2 heterocycles. The molecule has 1 N–H and O–H groups in total. The number of aromatic nitrogens is 2. The fraction of sp³-hybridized carbons (Fsp3) is 0.467. The Morgan fingerprint density at radius 1 is 1.20 bits per heavy atom. The normalized spacial score (nSPS) is 18.5. The largest absolute Gasteiger partial charge is 0.421 e. The molecule has 5 heteroatoms. The van der Waals surface area contributed by atoms with Crippen LogP contribution in [0.2, 0.25) is 0 Å². The lowest BCUT2D eigenvalue weighted by atomic mass is 10.2. The Bertz CT molecular complexity index is 521. The van der Waals surface area contributed by atoms with Crippen molar-refractivity contribution in [2.24, 2.45) is 0 Å². The van der Waals surface area contributed by atoms with Gasteiger partial charge >= 0.3 is 0 Å². The van der Waals surface area contributed by atoms with E-state index in [4.69, 9.17) is 9.15 Å². The van der Waals surface area contributed by atoms with Crippen LogP contribution in [0.25, 0.3) is 11.5 Å². The zero-order chi connectivity index (χ0) is 13.6. The van der Waals surface area contributed by atoms with Crippen LogP contribution < -0.4 is 5.32 Å². The van der Waals surface area contributed by atoms with Crippen molar-refractivity contribution in [2.45, 2.75) is 25.4 Å². The van der Waals surface area contributed by atoms with Crippen LogP contribution in [-0.4, -0.2) is 36.0 Å². The Morgan fingerprint density at radius 2 is 2.10 bits per heavy atom. The van der Waals surface area contributed by atoms with Crippen LogP contribution >= 0.6 is 0 Å². The van der Waals surface area contributed by atoms with E-state index in [0.717, 1.165) is 38.1 Å². The van der Waals surface area contributed by atoms with E-state index in [1.165, 1.54) is 6.42 Å². The monoisotopic (exact) mass is 273 g/mol. The van der Waals surface area contributed by atoms with Gasteiger partial charge in [0.2, 0.25) is 11.8 Å². The Morgan fingerprint density at radius 3 is 2.90 bits per heavy atom. The summed E-state index contributed by atoms with van der Waals surface area (Å²) in [4.78, 5) is 0. The molecule has 0 bridgehead atoms. The molecule has 5 nitrogen and oxygen atoms in total. The van der Waals surface area contributed by atoms with E-state index < -0.39 is 0 Å². The van der Waals surface area contributed by atoms with Gasteiger partial charge in [-0.3, -0.25) is 0 Å². The van der Waals surface area contributed by atoms with Gasteiger partial charge in [-0.25, -0.2) is 0 Å². The lowest BCUT2D eigenvalue weighted by molar-refractivity contribution is 0.110. The molecular weight excluding hydrogens is 254 g/mol. The van der Waals surface area contributed by atoms with Crippen LogP contribution in [0, 0.1) is 0 Å². The van der Waals surface area contributed by atoms with Crippen molar-refractivity contribution in [3.05, 3.63) is 36.2 Å². The first-order valence-corrected chi connectivity index (χ1v) is 7.12. The standard InChI is InChI=1S/C15H19N3O2/c1-2-5-12(6-3-1)15-18-17-14(20-15)8-9-16-11-13-7-4-10-19-13/h1-3,5-6,13,16H,4,7-11H2. The summed E-state index contributed by atoms with van der Waals surface area (Å²) in [5.41, 5.74) is 0.957. The second kappa shape index (κ2) is 6.63. The van der Waals surface area contributed by atoms with Crippen LogP contribution in [0.4, 0.5) is 0 Å². The predicted molar refractivity (Wildman–Crippen MR) is 75.3 cm³/mol.